The van der Waals surface area contributed by atoms with Crippen molar-refractivity contribution in [1.29, 1.82) is 0 Å². The molecule has 0 fully saturated rings. The molecule has 6 heteroatoms. The lowest BCUT2D eigenvalue weighted by atomic mass is 10.1. The predicted octanol–water partition coefficient (Wildman–Crippen LogP) is 5.20. The number of amides is 1. The summed E-state index contributed by atoms with van der Waals surface area (Å²) in [6.07, 6.45) is 1.56. The first-order valence-corrected chi connectivity index (χ1v) is 10.4. The van der Waals surface area contributed by atoms with E-state index in [4.69, 9.17) is 14.2 Å². The van der Waals surface area contributed by atoms with Crippen LogP contribution in [0.2, 0.25) is 0 Å². The van der Waals surface area contributed by atoms with E-state index >= 15 is 0 Å². The average Bonchev–Trinajstić information content (AvgIpc) is 2.87. The zero-order valence-corrected chi connectivity index (χ0v) is 18.4. The summed E-state index contributed by atoms with van der Waals surface area (Å²) in [5.74, 6) is 1.59. The highest BCUT2D eigenvalue weighted by Gasteiger charge is 2.08. The van der Waals surface area contributed by atoms with Gasteiger partial charge < -0.3 is 14.2 Å². The third-order valence-corrected chi connectivity index (χ3v) is 5.18. The summed E-state index contributed by atoms with van der Waals surface area (Å²) < 4.78 is 16.6. The van der Waals surface area contributed by atoms with Crippen LogP contribution in [0.3, 0.4) is 0 Å². The summed E-state index contributed by atoms with van der Waals surface area (Å²) in [5, 5.41) is 6.38. The fraction of sp³-hybridized carbons (Fsp3) is 0.111. The van der Waals surface area contributed by atoms with Crippen LogP contribution in [0.25, 0.3) is 10.8 Å². The molecule has 0 heterocycles. The molecule has 0 saturated heterocycles. The van der Waals surface area contributed by atoms with E-state index in [9.17, 15) is 4.79 Å². The fourth-order valence-corrected chi connectivity index (χ4v) is 3.43. The summed E-state index contributed by atoms with van der Waals surface area (Å²) in [7, 11) is 3.18. The quantitative estimate of drug-likeness (QED) is 0.302. The van der Waals surface area contributed by atoms with Crippen LogP contribution < -0.4 is 19.6 Å². The molecule has 4 aromatic rings. The van der Waals surface area contributed by atoms with Gasteiger partial charge in [-0.25, -0.2) is 5.43 Å². The molecule has 33 heavy (non-hydrogen) atoms. The molecule has 0 atom stereocenters. The zero-order chi connectivity index (χ0) is 23.0. The summed E-state index contributed by atoms with van der Waals surface area (Å²) in [6, 6.07) is 26.6. The monoisotopic (exact) mass is 440 g/mol. The molecule has 0 spiro atoms. The molecular weight excluding hydrogens is 416 g/mol. The topological polar surface area (TPSA) is 69.2 Å². The van der Waals surface area contributed by atoms with Crippen molar-refractivity contribution in [3.8, 4) is 17.2 Å². The molecule has 0 aliphatic rings. The minimum Gasteiger partial charge on any atom is -0.497 e. The van der Waals surface area contributed by atoms with Crippen LogP contribution in [-0.2, 0) is 6.61 Å². The van der Waals surface area contributed by atoms with Crippen LogP contribution in [0.15, 0.2) is 90.0 Å². The molecule has 166 valence electrons. The Bertz CT molecular complexity index is 1280. The first-order chi connectivity index (χ1) is 16.2. The van der Waals surface area contributed by atoms with Gasteiger partial charge in [-0.3, -0.25) is 4.79 Å². The fourth-order valence-electron chi connectivity index (χ4n) is 3.43. The summed E-state index contributed by atoms with van der Waals surface area (Å²) >= 11 is 0. The van der Waals surface area contributed by atoms with E-state index in [0.29, 0.717) is 29.4 Å². The van der Waals surface area contributed by atoms with E-state index in [1.807, 2.05) is 36.4 Å². The van der Waals surface area contributed by atoms with Gasteiger partial charge in [0.05, 0.1) is 20.4 Å². The number of hydrazone groups is 1. The van der Waals surface area contributed by atoms with Crippen LogP contribution in [0.5, 0.6) is 17.2 Å². The standard InChI is InChI=1S/C27H24N2O4/c1-31-23-13-11-21(12-14-23)27(30)29-28-17-19-10-15-25(32-2)26(16-19)33-18-22-8-5-7-20-6-3-4-9-24(20)22/h3-17H,18H2,1-2H3,(H,29,30)/b28-17-. The Morgan fingerprint density at radius 1 is 0.879 bits per heavy atom. The highest BCUT2D eigenvalue weighted by atomic mass is 16.5. The number of fused-ring (bicyclic) bond motifs is 1. The van der Waals surface area contributed by atoms with Gasteiger partial charge in [0.15, 0.2) is 11.5 Å². The lowest BCUT2D eigenvalue weighted by Gasteiger charge is -2.13. The van der Waals surface area contributed by atoms with Crippen molar-refractivity contribution >= 4 is 22.9 Å². The van der Waals surface area contributed by atoms with Crippen LogP contribution in [0.1, 0.15) is 21.5 Å². The molecule has 1 N–H and O–H groups in total. The molecule has 0 aromatic heterocycles. The normalized spacial score (nSPS) is 10.8. The molecule has 0 aliphatic carbocycles. The highest BCUT2D eigenvalue weighted by molar-refractivity contribution is 5.95. The number of nitrogens with one attached hydrogen (secondary N) is 1. The third kappa shape index (κ3) is 5.30. The van der Waals surface area contributed by atoms with Crippen molar-refractivity contribution in [3.05, 3.63) is 102 Å². The van der Waals surface area contributed by atoms with E-state index in [-0.39, 0.29) is 5.91 Å². The van der Waals surface area contributed by atoms with Crippen LogP contribution >= 0.6 is 0 Å². The van der Waals surface area contributed by atoms with Gasteiger partial charge in [-0.2, -0.15) is 5.10 Å². The van der Waals surface area contributed by atoms with Gasteiger partial charge in [0.1, 0.15) is 12.4 Å². The Morgan fingerprint density at radius 2 is 1.67 bits per heavy atom. The van der Waals surface area contributed by atoms with Gasteiger partial charge in [0, 0.05) is 5.56 Å². The van der Waals surface area contributed by atoms with Gasteiger partial charge in [-0.1, -0.05) is 42.5 Å². The maximum Gasteiger partial charge on any atom is 0.271 e. The lowest BCUT2D eigenvalue weighted by molar-refractivity contribution is 0.0955. The van der Waals surface area contributed by atoms with Gasteiger partial charge >= 0.3 is 0 Å². The Kier molecular flexibility index (Phi) is 6.85. The second-order valence-corrected chi connectivity index (χ2v) is 7.26. The maximum atomic E-state index is 12.3. The minimum absolute atomic E-state index is 0.310. The van der Waals surface area contributed by atoms with Crippen LogP contribution in [0.4, 0.5) is 0 Å². The molecule has 0 saturated carbocycles. The summed E-state index contributed by atoms with van der Waals surface area (Å²) in [4.78, 5) is 12.3. The van der Waals surface area contributed by atoms with E-state index in [1.54, 1.807) is 44.7 Å². The Labute approximate surface area is 192 Å². The molecule has 0 bridgehead atoms. The Morgan fingerprint density at radius 3 is 2.45 bits per heavy atom. The number of rotatable bonds is 8. The van der Waals surface area contributed by atoms with E-state index in [1.165, 1.54) is 5.39 Å². The Hall–Kier alpha value is -4.32. The maximum absolute atomic E-state index is 12.3. The van der Waals surface area contributed by atoms with Crippen molar-refractivity contribution in [3.63, 3.8) is 0 Å². The van der Waals surface area contributed by atoms with Gasteiger partial charge in [0.25, 0.3) is 5.91 Å². The zero-order valence-electron chi connectivity index (χ0n) is 18.4. The first-order valence-electron chi connectivity index (χ1n) is 10.4. The second kappa shape index (κ2) is 10.3. The SMILES string of the molecule is COc1ccc(C(=O)N/N=C\c2ccc(OC)c(OCc3cccc4ccccc34)c2)cc1. The van der Waals surface area contributed by atoms with Crippen molar-refractivity contribution in [2.75, 3.05) is 14.2 Å². The molecule has 4 aromatic carbocycles. The number of carbonyl (C=O) groups is 1. The average molecular weight is 440 g/mol. The molecule has 1 amide bonds. The number of hydrogen-bond donors (Lipinski definition) is 1. The molecule has 0 unspecified atom stereocenters. The number of nitrogens with zero attached hydrogens (tertiary/aromatic N) is 1. The van der Waals surface area contributed by atoms with Crippen molar-refractivity contribution in [2.24, 2.45) is 5.10 Å². The molecule has 4 rings (SSSR count). The van der Waals surface area contributed by atoms with Crippen molar-refractivity contribution in [2.45, 2.75) is 6.61 Å². The number of methoxy groups -OCH3 is 2. The number of benzene rings is 4. The largest absolute Gasteiger partial charge is 0.497 e. The van der Waals surface area contributed by atoms with Gasteiger partial charge in [0.2, 0.25) is 0 Å². The minimum atomic E-state index is -0.310. The third-order valence-electron chi connectivity index (χ3n) is 5.18. The Balaban J connectivity index is 1.45. The number of ether oxygens (including phenoxy) is 3. The van der Waals surface area contributed by atoms with E-state index < -0.39 is 0 Å². The van der Waals surface area contributed by atoms with Crippen molar-refractivity contribution < 1.29 is 19.0 Å². The summed E-state index contributed by atoms with van der Waals surface area (Å²) in [5.41, 5.74) is 4.86. The predicted molar refractivity (Wildman–Crippen MR) is 129 cm³/mol. The molecule has 6 nitrogen and oxygen atoms in total. The van der Waals surface area contributed by atoms with Crippen LogP contribution in [0, 0.1) is 0 Å². The van der Waals surface area contributed by atoms with Gasteiger partial charge in [-0.15, -0.1) is 0 Å². The number of carbonyl (C=O) groups excluding carboxylic acids is 1. The van der Waals surface area contributed by atoms with E-state index in [2.05, 4.69) is 34.8 Å². The molecular formula is C27H24N2O4. The highest BCUT2D eigenvalue weighted by Crippen LogP contribution is 2.29. The smallest absolute Gasteiger partial charge is 0.271 e. The van der Waals surface area contributed by atoms with Gasteiger partial charge in [-0.05, 0) is 64.4 Å². The van der Waals surface area contributed by atoms with E-state index in [0.717, 1.165) is 16.5 Å². The first kappa shape index (κ1) is 21.9. The second-order valence-electron chi connectivity index (χ2n) is 7.26. The summed E-state index contributed by atoms with van der Waals surface area (Å²) in [6.45, 7) is 0.395. The van der Waals surface area contributed by atoms with Crippen LogP contribution in [-0.4, -0.2) is 26.3 Å². The van der Waals surface area contributed by atoms with Crippen molar-refractivity contribution in [1.82, 2.24) is 5.43 Å². The lowest BCUT2D eigenvalue weighted by Crippen LogP contribution is -2.17. The number of hydrogen-bond acceptors (Lipinski definition) is 5. The molecule has 0 aliphatic heterocycles. The molecule has 0 radical (unpaired) electrons.